The molecular formula is C7H11N3O2. The van der Waals surface area contributed by atoms with Gasteiger partial charge in [0.05, 0.1) is 6.54 Å². The van der Waals surface area contributed by atoms with Crippen LogP contribution in [-0.2, 0) is 4.79 Å². The van der Waals surface area contributed by atoms with E-state index in [1.165, 1.54) is 6.26 Å². The van der Waals surface area contributed by atoms with Crippen LogP contribution in [0.2, 0.25) is 0 Å². The third kappa shape index (κ3) is 2.71. The summed E-state index contributed by atoms with van der Waals surface area (Å²) in [5, 5.41) is 8.97. The highest BCUT2D eigenvalue weighted by Gasteiger charge is 2.01. The van der Waals surface area contributed by atoms with Crippen molar-refractivity contribution in [2.24, 2.45) is 0 Å². The molecule has 66 valence electrons. The minimum Gasteiger partial charge on any atom is -0.363 e. The second-order valence-electron chi connectivity index (χ2n) is 2.21. The SMILES string of the molecule is CCNCC(=O)Nc1ccon1. The van der Waals surface area contributed by atoms with Gasteiger partial charge in [-0.2, -0.15) is 0 Å². The average Bonchev–Trinajstić information content (AvgIpc) is 2.53. The molecule has 1 amide bonds. The molecule has 5 nitrogen and oxygen atoms in total. The van der Waals surface area contributed by atoms with Crippen LogP contribution >= 0.6 is 0 Å². The second kappa shape index (κ2) is 4.50. The van der Waals surface area contributed by atoms with Gasteiger partial charge in [0.25, 0.3) is 0 Å². The van der Waals surface area contributed by atoms with Gasteiger partial charge in [0.1, 0.15) is 6.26 Å². The molecule has 0 aliphatic rings. The summed E-state index contributed by atoms with van der Waals surface area (Å²) >= 11 is 0. The van der Waals surface area contributed by atoms with Gasteiger partial charge in [-0.15, -0.1) is 0 Å². The largest absolute Gasteiger partial charge is 0.363 e. The molecule has 5 heteroatoms. The summed E-state index contributed by atoms with van der Waals surface area (Å²) < 4.78 is 4.53. The minimum atomic E-state index is -0.120. The zero-order chi connectivity index (χ0) is 8.81. The smallest absolute Gasteiger partial charge is 0.239 e. The first-order chi connectivity index (χ1) is 5.83. The number of carbonyl (C=O) groups excluding carboxylic acids is 1. The highest BCUT2D eigenvalue weighted by Crippen LogP contribution is 1.99. The number of nitrogens with zero attached hydrogens (tertiary/aromatic N) is 1. The average molecular weight is 169 g/mol. The fourth-order valence-corrected chi connectivity index (χ4v) is 0.703. The van der Waals surface area contributed by atoms with Gasteiger partial charge in [0, 0.05) is 6.07 Å². The summed E-state index contributed by atoms with van der Waals surface area (Å²) in [7, 11) is 0. The molecule has 0 atom stereocenters. The van der Waals surface area contributed by atoms with Gasteiger partial charge in [-0.05, 0) is 6.54 Å². The lowest BCUT2D eigenvalue weighted by Crippen LogP contribution is -2.27. The Kier molecular flexibility index (Phi) is 3.28. The highest BCUT2D eigenvalue weighted by atomic mass is 16.5. The maximum atomic E-state index is 11.0. The molecule has 1 heterocycles. The normalized spacial score (nSPS) is 9.75. The Balaban J connectivity index is 2.27. The van der Waals surface area contributed by atoms with Crippen LogP contribution in [0.15, 0.2) is 16.9 Å². The molecule has 0 aromatic carbocycles. The zero-order valence-corrected chi connectivity index (χ0v) is 6.83. The third-order valence-electron chi connectivity index (χ3n) is 1.24. The molecule has 0 fully saturated rings. The first-order valence-electron chi connectivity index (χ1n) is 3.74. The zero-order valence-electron chi connectivity index (χ0n) is 6.83. The van der Waals surface area contributed by atoms with E-state index in [1.54, 1.807) is 6.07 Å². The fraction of sp³-hybridized carbons (Fsp3) is 0.429. The fourth-order valence-electron chi connectivity index (χ4n) is 0.703. The molecule has 0 aliphatic carbocycles. The summed E-state index contributed by atoms with van der Waals surface area (Å²) in [6, 6.07) is 1.59. The van der Waals surface area contributed by atoms with Crippen molar-refractivity contribution in [3.63, 3.8) is 0 Å². The molecule has 1 aromatic rings. The maximum absolute atomic E-state index is 11.0. The summed E-state index contributed by atoms with van der Waals surface area (Å²) in [5.74, 6) is 0.323. The molecule has 1 rings (SSSR count). The van der Waals surface area contributed by atoms with Crippen LogP contribution in [0.5, 0.6) is 0 Å². The first-order valence-corrected chi connectivity index (χ1v) is 3.74. The van der Waals surface area contributed by atoms with Gasteiger partial charge in [-0.25, -0.2) is 0 Å². The number of rotatable bonds is 4. The number of aromatic nitrogens is 1. The molecule has 1 aromatic heterocycles. The summed E-state index contributed by atoms with van der Waals surface area (Å²) in [5.41, 5.74) is 0. The number of carbonyl (C=O) groups is 1. The van der Waals surface area contributed by atoms with Crippen LogP contribution in [0.4, 0.5) is 5.82 Å². The lowest BCUT2D eigenvalue weighted by atomic mass is 10.5. The van der Waals surface area contributed by atoms with Crippen molar-refractivity contribution in [1.82, 2.24) is 10.5 Å². The standard InChI is InChI=1S/C7H11N3O2/c1-2-8-5-7(11)9-6-3-4-12-10-6/h3-4,8H,2,5H2,1H3,(H,9,10,11). The number of amides is 1. The Morgan fingerprint density at radius 3 is 3.17 bits per heavy atom. The minimum absolute atomic E-state index is 0.120. The number of anilines is 1. The molecule has 12 heavy (non-hydrogen) atoms. The van der Waals surface area contributed by atoms with Crippen LogP contribution < -0.4 is 10.6 Å². The predicted octanol–water partition coefficient (Wildman–Crippen LogP) is 0.223. The highest BCUT2D eigenvalue weighted by molar-refractivity contribution is 5.91. The van der Waals surface area contributed by atoms with Crippen LogP contribution in [0.3, 0.4) is 0 Å². The van der Waals surface area contributed by atoms with Crippen molar-refractivity contribution < 1.29 is 9.32 Å². The summed E-state index contributed by atoms with van der Waals surface area (Å²) in [6.07, 6.45) is 1.41. The van der Waals surface area contributed by atoms with Gasteiger partial charge in [-0.3, -0.25) is 4.79 Å². The second-order valence-corrected chi connectivity index (χ2v) is 2.21. The molecule has 0 radical (unpaired) electrons. The molecule has 0 aliphatic heterocycles. The van der Waals surface area contributed by atoms with E-state index >= 15 is 0 Å². The van der Waals surface area contributed by atoms with Gasteiger partial charge >= 0.3 is 0 Å². The van der Waals surface area contributed by atoms with Gasteiger partial charge in [0.15, 0.2) is 5.82 Å². The quantitative estimate of drug-likeness (QED) is 0.676. The van der Waals surface area contributed by atoms with Crippen LogP contribution in [0, 0.1) is 0 Å². The summed E-state index contributed by atoms with van der Waals surface area (Å²) in [4.78, 5) is 11.0. The molecule has 0 bridgehead atoms. The number of nitrogens with one attached hydrogen (secondary N) is 2. The lowest BCUT2D eigenvalue weighted by Gasteiger charge is -2.00. The van der Waals surface area contributed by atoms with Gasteiger partial charge in [-0.1, -0.05) is 12.1 Å². The molecular weight excluding hydrogens is 158 g/mol. The van der Waals surface area contributed by atoms with Crippen molar-refractivity contribution in [2.45, 2.75) is 6.92 Å². The Hall–Kier alpha value is -1.36. The van der Waals surface area contributed by atoms with Crippen LogP contribution in [0.25, 0.3) is 0 Å². The number of likely N-dealkylation sites (N-methyl/N-ethyl adjacent to an activating group) is 1. The van der Waals surface area contributed by atoms with Gasteiger partial charge in [0.2, 0.25) is 5.91 Å². The Bertz CT molecular complexity index is 233. The van der Waals surface area contributed by atoms with E-state index in [0.717, 1.165) is 6.54 Å². The van der Waals surface area contributed by atoms with E-state index in [0.29, 0.717) is 12.4 Å². The Morgan fingerprint density at radius 1 is 1.75 bits per heavy atom. The van der Waals surface area contributed by atoms with E-state index in [2.05, 4.69) is 20.3 Å². The number of hydrogen-bond donors (Lipinski definition) is 2. The Labute approximate surface area is 70.1 Å². The monoisotopic (exact) mass is 169 g/mol. The van der Waals surface area contributed by atoms with Crippen molar-refractivity contribution in [3.05, 3.63) is 12.3 Å². The molecule has 0 spiro atoms. The topological polar surface area (TPSA) is 67.2 Å². The third-order valence-corrected chi connectivity index (χ3v) is 1.24. The van der Waals surface area contributed by atoms with Crippen molar-refractivity contribution in [1.29, 1.82) is 0 Å². The first kappa shape index (κ1) is 8.73. The number of hydrogen-bond acceptors (Lipinski definition) is 4. The van der Waals surface area contributed by atoms with Crippen molar-refractivity contribution in [2.75, 3.05) is 18.4 Å². The summed E-state index contributed by atoms with van der Waals surface area (Å²) in [6.45, 7) is 3.00. The van der Waals surface area contributed by atoms with Crippen LogP contribution in [-0.4, -0.2) is 24.2 Å². The maximum Gasteiger partial charge on any atom is 0.239 e. The van der Waals surface area contributed by atoms with E-state index in [9.17, 15) is 4.79 Å². The Morgan fingerprint density at radius 2 is 2.58 bits per heavy atom. The van der Waals surface area contributed by atoms with Crippen molar-refractivity contribution in [3.8, 4) is 0 Å². The van der Waals surface area contributed by atoms with Gasteiger partial charge < -0.3 is 15.2 Å². The predicted molar refractivity (Wildman–Crippen MR) is 43.7 cm³/mol. The van der Waals surface area contributed by atoms with E-state index in [4.69, 9.17) is 0 Å². The molecule has 0 saturated carbocycles. The van der Waals surface area contributed by atoms with E-state index in [1.807, 2.05) is 6.92 Å². The lowest BCUT2D eigenvalue weighted by molar-refractivity contribution is -0.115. The van der Waals surface area contributed by atoms with E-state index in [-0.39, 0.29) is 5.91 Å². The molecule has 0 saturated heterocycles. The van der Waals surface area contributed by atoms with Crippen LogP contribution in [0.1, 0.15) is 6.92 Å². The van der Waals surface area contributed by atoms with Crippen molar-refractivity contribution >= 4 is 11.7 Å². The van der Waals surface area contributed by atoms with E-state index < -0.39 is 0 Å². The molecule has 0 unspecified atom stereocenters. The molecule has 2 N–H and O–H groups in total.